The van der Waals surface area contributed by atoms with E-state index in [1.54, 1.807) is 16.8 Å². The lowest BCUT2D eigenvalue weighted by molar-refractivity contribution is -0.133. The summed E-state index contributed by atoms with van der Waals surface area (Å²) in [6.07, 6.45) is 2.72. The predicted molar refractivity (Wildman–Crippen MR) is 97.7 cm³/mol. The summed E-state index contributed by atoms with van der Waals surface area (Å²) in [6.45, 7) is 1.59. The maximum absolute atomic E-state index is 12.7. The Kier molecular flexibility index (Phi) is 4.44. The van der Waals surface area contributed by atoms with Gasteiger partial charge in [0.1, 0.15) is 0 Å². The molecule has 1 aliphatic heterocycles. The summed E-state index contributed by atoms with van der Waals surface area (Å²) in [6, 6.07) is 7.36. The van der Waals surface area contributed by atoms with E-state index in [4.69, 9.17) is 11.6 Å². The zero-order valence-corrected chi connectivity index (χ0v) is 15.4. The van der Waals surface area contributed by atoms with E-state index in [1.165, 1.54) is 0 Å². The zero-order valence-electron chi connectivity index (χ0n) is 14.7. The number of fused-ring (bicyclic) bond motifs is 1. The number of aromatic nitrogens is 2. The Labute approximate surface area is 157 Å². The van der Waals surface area contributed by atoms with E-state index in [1.807, 2.05) is 24.1 Å². The molecule has 1 aromatic heterocycles. The van der Waals surface area contributed by atoms with Gasteiger partial charge in [-0.3, -0.25) is 14.3 Å². The second-order valence-corrected chi connectivity index (χ2v) is 7.43. The summed E-state index contributed by atoms with van der Waals surface area (Å²) in [5.74, 6) is 0.194. The minimum atomic E-state index is -0.211. The van der Waals surface area contributed by atoms with Gasteiger partial charge >= 0.3 is 0 Å². The molecular formula is C19H21ClN4O2. The van der Waals surface area contributed by atoms with Gasteiger partial charge in [0.2, 0.25) is 5.91 Å². The van der Waals surface area contributed by atoms with Crippen LogP contribution in [0.15, 0.2) is 24.3 Å². The van der Waals surface area contributed by atoms with E-state index in [0.29, 0.717) is 30.4 Å². The molecule has 0 unspecified atom stereocenters. The van der Waals surface area contributed by atoms with Crippen molar-refractivity contribution in [2.24, 2.45) is 13.0 Å². The Hall–Kier alpha value is -2.34. The van der Waals surface area contributed by atoms with Gasteiger partial charge in [-0.15, -0.1) is 0 Å². The van der Waals surface area contributed by atoms with E-state index < -0.39 is 0 Å². The van der Waals surface area contributed by atoms with E-state index in [9.17, 15) is 9.59 Å². The van der Waals surface area contributed by atoms with Crippen LogP contribution in [-0.2, 0) is 31.4 Å². The van der Waals surface area contributed by atoms with Crippen LogP contribution in [0.3, 0.4) is 0 Å². The number of rotatable bonds is 4. The van der Waals surface area contributed by atoms with Crippen molar-refractivity contribution in [3.63, 3.8) is 0 Å². The molecule has 4 rings (SSSR count). The van der Waals surface area contributed by atoms with Gasteiger partial charge in [0.25, 0.3) is 5.91 Å². The Bertz CT molecular complexity index is 855. The fraction of sp³-hybridized carbons (Fsp3) is 0.421. The Balaban J connectivity index is 1.49. The van der Waals surface area contributed by atoms with Gasteiger partial charge in [-0.2, -0.15) is 5.10 Å². The Morgan fingerprint density at radius 1 is 1.27 bits per heavy atom. The van der Waals surface area contributed by atoms with Crippen LogP contribution in [0.1, 0.15) is 40.2 Å². The second-order valence-electron chi connectivity index (χ2n) is 6.99. The summed E-state index contributed by atoms with van der Waals surface area (Å²) in [7, 11) is 1.85. The first-order valence-electron chi connectivity index (χ1n) is 8.89. The highest BCUT2D eigenvalue weighted by Crippen LogP contribution is 2.33. The van der Waals surface area contributed by atoms with Crippen molar-refractivity contribution in [3.8, 4) is 0 Å². The monoisotopic (exact) mass is 372 g/mol. The third kappa shape index (κ3) is 3.33. The molecule has 1 fully saturated rings. The summed E-state index contributed by atoms with van der Waals surface area (Å²) in [4.78, 5) is 26.9. The van der Waals surface area contributed by atoms with Gasteiger partial charge in [-0.1, -0.05) is 23.7 Å². The second kappa shape index (κ2) is 6.76. The van der Waals surface area contributed by atoms with Crippen LogP contribution in [0.2, 0.25) is 5.02 Å². The molecule has 2 aromatic rings. The Morgan fingerprint density at radius 2 is 2.00 bits per heavy atom. The molecule has 26 heavy (non-hydrogen) atoms. The maximum atomic E-state index is 12.7. The fourth-order valence-electron chi connectivity index (χ4n) is 3.42. The highest BCUT2D eigenvalue weighted by molar-refractivity contribution is 6.30. The van der Waals surface area contributed by atoms with Crippen LogP contribution in [0, 0.1) is 5.92 Å². The van der Waals surface area contributed by atoms with Gasteiger partial charge in [0, 0.05) is 55.3 Å². The summed E-state index contributed by atoms with van der Waals surface area (Å²) in [5, 5.41) is 8.00. The molecule has 1 N–H and O–H groups in total. The van der Waals surface area contributed by atoms with E-state index in [0.717, 1.165) is 36.1 Å². The number of hydrogen-bond acceptors (Lipinski definition) is 3. The quantitative estimate of drug-likeness (QED) is 0.895. The van der Waals surface area contributed by atoms with Crippen molar-refractivity contribution < 1.29 is 9.59 Å². The van der Waals surface area contributed by atoms with Crippen LogP contribution in [0.4, 0.5) is 0 Å². The topological polar surface area (TPSA) is 67.2 Å². The number of amides is 2. The van der Waals surface area contributed by atoms with Crippen molar-refractivity contribution in [1.82, 2.24) is 20.0 Å². The van der Waals surface area contributed by atoms with Gasteiger partial charge in [0.05, 0.1) is 0 Å². The molecule has 2 aliphatic rings. The summed E-state index contributed by atoms with van der Waals surface area (Å²) < 4.78 is 1.77. The molecular weight excluding hydrogens is 352 g/mol. The highest BCUT2D eigenvalue weighted by atomic mass is 35.5. The average Bonchev–Trinajstić information content (AvgIpc) is 3.44. The molecule has 136 valence electrons. The predicted octanol–water partition coefficient (Wildman–Crippen LogP) is 2.30. The standard InChI is InChI=1S/C19H21ClN4O2/c1-23-16-8-9-24(19(26)13-4-5-13)11-15(16)17(22-23)18(25)21-10-12-2-6-14(20)7-3-12/h2-3,6-7,13H,4-5,8-11H2,1H3,(H,21,25). The third-order valence-electron chi connectivity index (χ3n) is 5.06. The molecule has 1 aliphatic carbocycles. The Morgan fingerprint density at radius 3 is 2.69 bits per heavy atom. The number of halogens is 1. The van der Waals surface area contributed by atoms with E-state index in [-0.39, 0.29) is 17.7 Å². The summed E-state index contributed by atoms with van der Waals surface area (Å²) in [5.41, 5.74) is 3.31. The molecule has 0 saturated heterocycles. The number of carbonyl (C=O) groups is 2. The number of hydrogen-bond donors (Lipinski definition) is 1. The number of nitrogens with one attached hydrogen (secondary N) is 1. The van der Waals surface area contributed by atoms with Gasteiger partial charge in [-0.25, -0.2) is 0 Å². The molecule has 1 aromatic carbocycles. The first-order chi connectivity index (χ1) is 12.5. The van der Waals surface area contributed by atoms with Crippen molar-refractivity contribution in [1.29, 1.82) is 0 Å². The number of carbonyl (C=O) groups excluding carboxylic acids is 2. The minimum Gasteiger partial charge on any atom is -0.347 e. The van der Waals surface area contributed by atoms with E-state index >= 15 is 0 Å². The maximum Gasteiger partial charge on any atom is 0.272 e. The van der Waals surface area contributed by atoms with Gasteiger partial charge in [-0.05, 0) is 30.5 Å². The van der Waals surface area contributed by atoms with Crippen LogP contribution in [-0.4, -0.2) is 33.0 Å². The molecule has 7 heteroatoms. The van der Waals surface area contributed by atoms with E-state index in [2.05, 4.69) is 10.4 Å². The lowest BCUT2D eigenvalue weighted by atomic mass is 10.0. The fourth-order valence-corrected chi connectivity index (χ4v) is 3.55. The van der Waals surface area contributed by atoms with Crippen molar-refractivity contribution in [3.05, 3.63) is 51.8 Å². The first kappa shape index (κ1) is 17.1. The summed E-state index contributed by atoms with van der Waals surface area (Å²) >= 11 is 5.89. The lowest BCUT2D eigenvalue weighted by Crippen LogP contribution is -2.38. The van der Waals surface area contributed by atoms with Crippen molar-refractivity contribution in [2.75, 3.05) is 6.54 Å². The molecule has 0 radical (unpaired) electrons. The molecule has 2 amide bonds. The number of benzene rings is 1. The van der Waals surface area contributed by atoms with Crippen LogP contribution in [0.25, 0.3) is 0 Å². The van der Waals surface area contributed by atoms with Crippen molar-refractivity contribution >= 4 is 23.4 Å². The first-order valence-corrected chi connectivity index (χ1v) is 9.27. The normalized spacial score (nSPS) is 16.3. The molecule has 0 spiro atoms. The SMILES string of the molecule is Cn1nc(C(=O)NCc2ccc(Cl)cc2)c2c1CCN(C(=O)C1CC1)C2. The molecule has 6 nitrogen and oxygen atoms in total. The lowest BCUT2D eigenvalue weighted by Gasteiger charge is -2.27. The van der Waals surface area contributed by atoms with Gasteiger partial charge < -0.3 is 10.2 Å². The zero-order chi connectivity index (χ0) is 18.3. The van der Waals surface area contributed by atoms with Gasteiger partial charge in [0.15, 0.2) is 5.69 Å². The highest BCUT2D eigenvalue weighted by Gasteiger charge is 2.36. The molecule has 1 saturated carbocycles. The minimum absolute atomic E-state index is 0.190. The molecule has 0 atom stereocenters. The molecule has 0 bridgehead atoms. The van der Waals surface area contributed by atoms with Crippen LogP contribution >= 0.6 is 11.6 Å². The third-order valence-corrected chi connectivity index (χ3v) is 5.31. The molecule has 2 heterocycles. The number of nitrogens with zero attached hydrogens (tertiary/aromatic N) is 3. The van der Waals surface area contributed by atoms with Crippen molar-refractivity contribution in [2.45, 2.75) is 32.4 Å². The van der Waals surface area contributed by atoms with Crippen LogP contribution in [0.5, 0.6) is 0 Å². The average molecular weight is 373 g/mol. The number of aryl methyl sites for hydroxylation is 1. The largest absolute Gasteiger partial charge is 0.347 e. The smallest absolute Gasteiger partial charge is 0.272 e. The van der Waals surface area contributed by atoms with Crippen LogP contribution < -0.4 is 5.32 Å².